The van der Waals surface area contributed by atoms with E-state index in [1.807, 2.05) is 29.8 Å². The smallest absolute Gasteiger partial charge is 0.259 e. The summed E-state index contributed by atoms with van der Waals surface area (Å²) in [4.78, 5) is 19.7. The topological polar surface area (TPSA) is 72.8 Å². The molecular formula is C19H19ClN4O2. The zero-order chi connectivity index (χ0) is 18.1. The van der Waals surface area contributed by atoms with Crippen LogP contribution in [0.2, 0.25) is 0 Å². The van der Waals surface area contributed by atoms with Crippen LogP contribution in [0.4, 0.5) is 0 Å². The van der Waals surface area contributed by atoms with Gasteiger partial charge in [-0.05, 0) is 43.5 Å². The van der Waals surface area contributed by atoms with E-state index in [1.165, 1.54) is 0 Å². The number of rotatable bonds is 3. The maximum atomic E-state index is 12.4. The number of hydrogen-bond acceptors (Lipinski definition) is 4. The Morgan fingerprint density at radius 3 is 2.96 bits per heavy atom. The van der Waals surface area contributed by atoms with Gasteiger partial charge in [-0.15, -0.1) is 0 Å². The number of hydrogen-bond donors (Lipinski definition) is 1. The second kappa shape index (κ2) is 7.05. The van der Waals surface area contributed by atoms with Crippen molar-refractivity contribution in [1.29, 1.82) is 0 Å². The van der Waals surface area contributed by atoms with Crippen molar-refractivity contribution in [3.05, 3.63) is 57.9 Å². The molecule has 1 N–H and O–H groups in total. The van der Waals surface area contributed by atoms with Gasteiger partial charge < -0.3 is 9.72 Å². The lowest BCUT2D eigenvalue weighted by Gasteiger charge is -2.23. The van der Waals surface area contributed by atoms with Crippen molar-refractivity contribution in [2.45, 2.75) is 25.8 Å². The molecule has 0 amide bonds. The largest absolute Gasteiger partial charge is 0.381 e. The van der Waals surface area contributed by atoms with Crippen LogP contribution in [0.5, 0.6) is 0 Å². The molecule has 3 aromatic rings. The van der Waals surface area contributed by atoms with Crippen LogP contribution < -0.4 is 5.56 Å². The van der Waals surface area contributed by atoms with E-state index in [1.54, 1.807) is 18.3 Å². The third-order valence-electron chi connectivity index (χ3n) is 4.68. The fourth-order valence-electron chi connectivity index (χ4n) is 3.29. The minimum atomic E-state index is -0.196. The molecule has 0 aliphatic carbocycles. The summed E-state index contributed by atoms with van der Waals surface area (Å²) in [5, 5.41) is 5.37. The third kappa shape index (κ3) is 3.18. The first-order valence-electron chi connectivity index (χ1n) is 8.62. The number of halogens is 1. The van der Waals surface area contributed by atoms with Gasteiger partial charge in [-0.3, -0.25) is 9.48 Å². The fraction of sp³-hybridized carbons (Fsp3) is 0.316. The van der Waals surface area contributed by atoms with E-state index in [2.05, 4.69) is 15.1 Å². The molecule has 1 aliphatic heterocycles. The second-order valence-electron chi connectivity index (χ2n) is 6.42. The lowest BCUT2D eigenvalue weighted by Crippen LogP contribution is -2.21. The molecule has 0 spiro atoms. The van der Waals surface area contributed by atoms with Crippen LogP contribution >= 0.6 is 11.6 Å². The molecule has 0 unspecified atom stereocenters. The average Bonchev–Trinajstić information content (AvgIpc) is 3.11. The number of ether oxygens (including phenoxy) is 1. The number of aromatic nitrogens is 4. The van der Waals surface area contributed by atoms with E-state index in [4.69, 9.17) is 16.3 Å². The van der Waals surface area contributed by atoms with Crippen molar-refractivity contribution >= 4 is 33.6 Å². The molecule has 1 fully saturated rings. The maximum Gasteiger partial charge on any atom is 0.259 e. The van der Waals surface area contributed by atoms with Crippen LogP contribution in [0.3, 0.4) is 0 Å². The van der Waals surface area contributed by atoms with E-state index in [0.717, 1.165) is 37.3 Å². The number of para-hydroxylation sites is 1. The lowest BCUT2D eigenvalue weighted by atomic mass is 10.1. The first-order valence-corrected chi connectivity index (χ1v) is 9.00. The normalized spacial score (nSPS) is 16.3. The van der Waals surface area contributed by atoms with E-state index in [-0.39, 0.29) is 5.56 Å². The molecule has 0 radical (unpaired) electrons. The van der Waals surface area contributed by atoms with Gasteiger partial charge >= 0.3 is 0 Å². The molecule has 7 heteroatoms. The van der Waals surface area contributed by atoms with E-state index >= 15 is 0 Å². The fourth-order valence-corrected chi connectivity index (χ4v) is 3.49. The molecule has 4 rings (SSSR count). The molecule has 1 aliphatic rings. The summed E-state index contributed by atoms with van der Waals surface area (Å²) in [6.45, 7) is 3.40. The summed E-state index contributed by atoms with van der Waals surface area (Å²) in [5.74, 6) is 0.359. The minimum absolute atomic E-state index is 0.196. The molecule has 3 heterocycles. The highest BCUT2D eigenvalue weighted by Crippen LogP contribution is 2.25. The van der Waals surface area contributed by atoms with E-state index in [0.29, 0.717) is 27.8 Å². The van der Waals surface area contributed by atoms with Crippen molar-refractivity contribution in [3.63, 3.8) is 0 Å². The van der Waals surface area contributed by atoms with Gasteiger partial charge in [0.15, 0.2) is 5.82 Å². The van der Waals surface area contributed by atoms with Crippen LogP contribution in [0.25, 0.3) is 22.0 Å². The zero-order valence-electron chi connectivity index (χ0n) is 14.4. The van der Waals surface area contributed by atoms with Gasteiger partial charge in [-0.1, -0.05) is 23.7 Å². The van der Waals surface area contributed by atoms with Crippen molar-refractivity contribution in [2.75, 3.05) is 13.2 Å². The van der Waals surface area contributed by atoms with Gasteiger partial charge in [-0.25, -0.2) is 4.98 Å². The van der Waals surface area contributed by atoms with Gasteiger partial charge in [0, 0.05) is 19.4 Å². The van der Waals surface area contributed by atoms with Gasteiger partial charge in [0.2, 0.25) is 0 Å². The van der Waals surface area contributed by atoms with E-state index in [9.17, 15) is 4.79 Å². The number of benzene rings is 1. The number of aryl methyl sites for hydroxylation is 1. The van der Waals surface area contributed by atoms with Crippen LogP contribution in [0, 0.1) is 6.92 Å². The molecule has 1 aromatic carbocycles. The summed E-state index contributed by atoms with van der Waals surface area (Å²) in [6, 6.07) is 7.73. The quantitative estimate of drug-likeness (QED) is 0.765. The van der Waals surface area contributed by atoms with Crippen LogP contribution in [-0.4, -0.2) is 33.0 Å². The predicted molar refractivity (Wildman–Crippen MR) is 102 cm³/mol. The van der Waals surface area contributed by atoms with Gasteiger partial charge in [0.05, 0.1) is 27.7 Å². The van der Waals surface area contributed by atoms with Crippen molar-refractivity contribution < 1.29 is 4.74 Å². The molecule has 1 saturated heterocycles. The Kier molecular flexibility index (Phi) is 4.61. The molecule has 0 saturated carbocycles. The molecule has 0 bridgehead atoms. The standard InChI is InChI=1S/C19H19ClN4O2/c1-12-3-2-4-15-17(12)22-18(23-19(15)25)16(20)11-14-5-8-21-24(14)13-6-9-26-10-7-13/h2-5,8,11,13H,6-7,9-10H2,1H3,(H,22,23,25). The Bertz CT molecular complexity index is 1030. The number of nitrogens with zero attached hydrogens (tertiary/aromatic N) is 3. The maximum absolute atomic E-state index is 12.4. The number of nitrogens with one attached hydrogen (secondary N) is 1. The average molecular weight is 371 g/mol. The van der Waals surface area contributed by atoms with Crippen LogP contribution in [0.15, 0.2) is 35.3 Å². The molecule has 134 valence electrons. The highest BCUT2D eigenvalue weighted by atomic mass is 35.5. The third-order valence-corrected chi connectivity index (χ3v) is 4.96. The lowest BCUT2D eigenvalue weighted by molar-refractivity contribution is 0.0661. The van der Waals surface area contributed by atoms with Crippen molar-refractivity contribution in [3.8, 4) is 0 Å². The van der Waals surface area contributed by atoms with Crippen molar-refractivity contribution in [1.82, 2.24) is 19.7 Å². The highest BCUT2D eigenvalue weighted by Gasteiger charge is 2.18. The summed E-state index contributed by atoms with van der Waals surface area (Å²) >= 11 is 6.50. The van der Waals surface area contributed by atoms with Gasteiger partial charge in [0.25, 0.3) is 5.56 Å². The number of H-pyrrole nitrogens is 1. The Hall–Kier alpha value is -2.44. The SMILES string of the molecule is Cc1cccc2c(=O)[nH]c(C(Cl)=Cc3ccnn3C3CCOCC3)nc12. The number of fused-ring (bicyclic) bond motifs is 1. The summed E-state index contributed by atoms with van der Waals surface area (Å²) in [5.41, 5.74) is 2.29. The van der Waals surface area contributed by atoms with Crippen molar-refractivity contribution in [2.24, 2.45) is 0 Å². The second-order valence-corrected chi connectivity index (χ2v) is 6.83. The van der Waals surface area contributed by atoms with E-state index < -0.39 is 0 Å². The monoisotopic (exact) mass is 370 g/mol. The summed E-state index contributed by atoms with van der Waals surface area (Å²) in [6.07, 6.45) is 5.40. The Morgan fingerprint density at radius 1 is 1.35 bits per heavy atom. The number of aromatic amines is 1. The minimum Gasteiger partial charge on any atom is -0.381 e. The molecular weight excluding hydrogens is 352 g/mol. The molecule has 0 atom stereocenters. The zero-order valence-corrected chi connectivity index (χ0v) is 15.2. The first-order chi connectivity index (χ1) is 12.6. The molecule has 2 aromatic heterocycles. The molecule has 26 heavy (non-hydrogen) atoms. The van der Waals surface area contributed by atoms with Gasteiger partial charge in [-0.2, -0.15) is 5.10 Å². The Labute approximate surface area is 155 Å². The first kappa shape index (κ1) is 17.0. The summed E-state index contributed by atoms with van der Waals surface area (Å²) < 4.78 is 7.39. The predicted octanol–water partition coefficient (Wildman–Crippen LogP) is 3.52. The van der Waals surface area contributed by atoms with Gasteiger partial charge in [0.1, 0.15) is 0 Å². The molecule has 6 nitrogen and oxygen atoms in total. The Morgan fingerprint density at radius 2 is 2.15 bits per heavy atom. The highest BCUT2D eigenvalue weighted by molar-refractivity contribution is 6.50. The van der Waals surface area contributed by atoms with Crippen LogP contribution in [-0.2, 0) is 4.74 Å². The van der Waals surface area contributed by atoms with Crippen LogP contribution in [0.1, 0.15) is 36.0 Å². The summed E-state index contributed by atoms with van der Waals surface area (Å²) in [7, 11) is 0. The Balaban J connectivity index is 1.73.